The number of aliphatic hydroxyl groups is 1. The van der Waals surface area contributed by atoms with E-state index in [0.29, 0.717) is 37.2 Å². The minimum Gasteiger partial charge on any atom is -0.497 e. The zero-order valence-electron chi connectivity index (χ0n) is 16.4. The van der Waals surface area contributed by atoms with Gasteiger partial charge in [0.1, 0.15) is 11.6 Å². The van der Waals surface area contributed by atoms with Gasteiger partial charge in [0.2, 0.25) is 0 Å². The van der Waals surface area contributed by atoms with Crippen LogP contribution in [0.5, 0.6) is 5.75 Å². The van der Waals surface area contributed by atoms with Gasteiger partial charge in [0.05, 0.1) is 7.11 Å². The molecule has 0 unspecified atom stereocenters. The highest BCUT2D eigenvalue weighted by Crippen LogP contribution is 2.27. The van der Waals surface area contributed by atoms with E-state index < -0.39 is 5.60 Å². The van der Waals surface area contributed by atoms with Crippen LogP contribution in [0.2, 0.25) is 0 Å². The van der Waals surface area contributed by atoms with Crippen LogP contribution in [0.4, 0.5) is 4.39 Å². The van der Waals surface area contributed by atoms with E-state index in [2.05, 4.69) is 0 Å². The first kappa shape index (κ1) is 20.3. The summed E-state index contributed by atoms with van der Waals surface area (Å²) in [5.41, 5.74) is 0.0404. The summed E-state index contributed by atoms with van der Waals surface area (Å²) in [5, 5.41) is 11.1. The van der Waals surface area contributed by atoms with Gasteiger partial charge in [-0.25, -0.2) is 4.39 Å². The zero-order chi connectivity index (χ0) is 20.1. The number of piperidine rings is 1. The van der Waals surface area contributed by atoms with Gasteiger partial charge in [0.25, 0.3) is 5.91 Å². The molecule has 5 nitrogen and oxygen atoms in total. The van der Waals surface area contributed by atoms with Gasteiger partial charge >= 0.3 is 0 Å². The Morgan fingerprint density at radius 3 is 2.71 bits per heavy atom. The van der Waals surface area contributed by atoms with Gasteiger partial charge in [-0.2, -0.15) is 0 Å². The molecular weight excluding hydrogens is 359 g/mol. The summed E-state index contributed by atoms with van der Waals surface area (Å²) in [7, 11) is 3.41. The largest absolute Gasteiger partial charge is 0.497 e. The molecule has 2 aromatic carbocycles. The van der Waals surface area contributed by atoms with Gasteiger partial charge in [0, 0.05) is 31.7 Å². The number of halogens is 1. The summed E-state index contributed by atoms with van der Waals surface area (Å²) >= 11 is 0. The smallest absolute Gasteiger partial charge is 0.256 e. The fraction of sp³-hybridized carbons (Fsp3) is 0.409. The van der Waals surface area contributed by atoms with Crippen molar-refractivity contribution in [3.8, 4) is 5.75 Å². The van der Waals surface area contributed by atoms with E-state index in [1.807, 2.05) is 42.3 Å². The molecule has 150 valence electrons. The van der Waals surface area contributed by atoms with Crippen LogP contribution < -0.4 is 4.74 Å². The standard InChI is InChI=1S/C22H27FN2O3/c1-24(14-17-7-4-3-5-8-17)16-22(27)11-6-12-25(21(22)26)15-18-13-19(28-2)9-10-20(18)23/h3-5,7-10,13,27H,6,11-12,14-16H2,1-2H3/t22-/m0/s1. The molecule has 1 aliphatic heterocycles. The van der Waals surface area contributed by atoms with E-state index in [9.17, 15) is 14.3 Å². The van der Waals surface area contributed by atoms with Crippen molar-refractivity contribution < 1.29 is 19.0 Å². The van der Waals surface area contributed by atoms with Crippen LogP contribution in [0, 0.1) is 5.82 Å². The Morgan fingerprint density at radius 1 is 1.25 bits per heavy atom. The second-order valence-corrected chi connectivity index (χ2v) is 7.48. The Morgan fingerprint density at radius 2 is 2.00 bits per heavy atom. The number of hydrogen-bond acceptors (Lipinski definition) is 4. The summed E-state index contributed by atoms with van der Waals surface area (Å²) in [6.07, 6.45) is 1.08. The molecule has 3 rings (SSSR count). The molecule has 0 spiro atoms. The summed E-state index contributed by atoms with van der Waals surface area (Å²) in [5.74, 6) is -0.191. The third kappa shape index (κ3) is 4.69. The van der Waals surface area contributed by atoms with Crippen molar-refractivity contribution in [2.75, 3.05) is 27.2 Å². The number of methoxy groups -OCH3 is 1. The number of likely N-dealkylation sites (tertiary alicyclic amines) is 1. The van der Waals surface area contributed by atoms with Crippen molar-refractivity contribution in [1.82, 2.24) is 9.80 Å². The van der Waals surface area contributed by atoms with Crippen molar-refractivity contribution in [2.24, 2.45) is 0 Å². The van der Waals surface area contributed by atoms with Crippen LogP contribution in [-0.2, 0) is 17.9 Å². The molecule has 1 fully saturated rings. The fourth-order valence-corrected chi connectivity index (χ4v) is 3.77. The maximum absolute atomic E-state index is 14.2. The Labute approximate surface area is 165 Å². The molecule has 0 aromatic heterocycles. The normalized spacial score (nSPS) is 19.9. The molecule has 1 aliphatic rings. The molecule has 0 aliphatic carbocycles. The average Bonchev–Trinajstić information content (AvgIpc) is 2.68. The first-order valence-electron chi connectivity index (χ1n) is 9.48. The number of benzene rings is 2. The molecular formula is C22H27FN2O3. The molecule has 0 radical (unpaired) electrons. The van der Waals surface area contributed by atoms with Crippen molar-refractivity contribution in [2.45, 2.75) is 31.5 Å². The number of carbonyl (C=O) groups is 1. The lowest BCUT2D eigenvalue weighted by atomic mass is 9.90. The van der Waals surface area contributed by atoms with Gasteiger partial charge in [-0.05, 0) is 43.7 Å². The SMILES string of the molecule is COc1ccc(F)c(CN2CCC[C@](O)(CN(C)Cc3ccccc3)C2=O)c1. The first-order chi connectivity index (χ1) is 13.4. The van der Waals surface area contributed by atoms with Gasteiger partial charge in [0.15, 0.2) is 5.60 Å². The monoisotopic (exact) mass is 386 g/mol. The lowest BCUT2D eigenvalue weighted by molar-refractivity contribution is -0.160. The quantitative estimate of drug-likeness (QED) is 0.795. The molecule has 28 heavy (non-hydrogen) atoms. The highest BCUT2D eigenvalue weighted by molar-refractivity contribution is 5.86. The minimum absolute atomic E-state index is 0.118. The highest BCUT2D eigenvalue weighted by atomic mass is 19.1. The number of amides is 1. The maximum Gasteiger partial charge on any atom is 0.256 e. The van der Waals surface area contributed by atoms with Crippen LogP contribution in [-0.4, -0.2) is 53.7 Å². The molecule has 1 heterocycles. The Bertz CT molecular complexity index is 815. The maximum atomic E-state index is 14.2. The summed E-state index contributed by atoms with van der Waals surface area (Å²) in [6, 6.07) is 14.4. The predicted octanol–water partition coefficient (Wildman–Crippen LogP) is 2.82. The topological polar surface area (TPSA) is 53.0 Å². The molecule has 0 saturated carbocycles. The number of likely N-dealkylation sites (N-methyl/N-ethyl adjacent to an activating group) is 1. The number of rotatable bonds is 7. The summed E-state index contributed by atoms with van der Waals surface area (Å²) in [4.78, 5) is 16.5. The predicted molar refractivity (Wildman–Crippen MR) is 105 cm³/mol. The summed E-state index contributed by atoms with van der Waals surface area (Å²) in [6.45, 7) is 1.49. The van der Waals surface area contributed by atoms with E-state index in [0.717, 1.165) is 5.56 Å². The van der Waals surface area contributed by atoms with E-state index in [1.54, 1.807) is 12.1 Å². The Kier molecular flexibility index (Phi) is 6.31. The molecule has 2 aromatic rings. The lowest BCUT2D eigenvalue weighted by Crippen LogP contribution is -2.57. The second-order valence-electron chi connectivity index (χ2n) is 7.48. The Hall–Kier alpha value is -2.44. The van der Waals surface area contributed by atoms with Crippen LogP contribution >= 0.6 is 0 Å². The van der Waals surface area contributed by atoms with Crippen molar-refractivity contribution in [3.63, 3.8) is 0 Å². The number of ether oxygens (including phenoxy) is 1. The van der Waals surface area contributed by atoms with Gasteiger partial charge in [-0.1, -0.05) is 30.3 Å². The molecule has 1 amide bonds. The van der Waals surface area contributed by atoms with Crippen LogP contribution in [0.25, 0.3) is 0 Å². The second kappa shape index (κ2) is 8.71. The van der Waals surface area contributed by atoms with Gasteiger partial charge in [-0.15, -0.1) is 0 Å². The van der Waals surface area contributed by atoms with Crippen LogP contribution in [0.3, 0.4) is 0 Å². The lowest BCUT2D eigenvalue weighted by Gasteiger charge is -2.40. The molecule has 6 heteroatoms. The number of carbonyl (C=O) groups excluding carboxylic acids is 1. The van der Waals surface area contributed by atoms with Gasteiger partial charge in [-0.3, -0.25) is 9.69 Å². The third-order valence-corrected chi connectivity index (χ3v) is 5.14. The Balaban J connectivity index is 1.68. The minimum atomic E-state index is -1.46. The average molecular weight is 386 g/mol. The van der Waals surface area contributed by atoms with Crippen molar-refractivity contribution in [3.05, 3.63) is 65.5 Å². The van der Waals surface area contributed by atoms with Crippen LogP contribution in [0.1, 0.15) is 24.0 Å². The van der Waals surface area contributed by atoms with Crippen molar-refractivity contribution in [1.29, 1.82) is 0 Å². The fourth-order valence-electron chi connectivity index (χ4n) is 3.77. The third-order valence-electron chi connectivity index (χ3n) is 5.14. The van der Waals surface area contributed by atoms with Crippen molar-refractivity contribution >= 4 is 5.91 Å². The molecule has 0 bridgehead atoms. The highest BCUT2D eigenvalue weighted by Gasteiger charge is 2.43. The van der Waals surface area contributed by atoms with E-state index in [4.69, 9.17) is 4.74 Å². The molecule has 1 N–H and O–H groups in total. The van der Waals surface area contributed by atoms with Gasteiger partial charge < -0.3 is 14.7 Å². The van der Waals surface area contributed by atoms with E-state index >= 15 is 0 Å². The number of hydrogen-bond donors (Lipinski definition) is 1. The number of nitrogens with zero attached hydrogens (tertiary/aromatic N) is 2. The van der Waals surface area contributed by atoms with E-state index in [-0.39, 0.29) is 24.8 Å². The molecule has 1 saturated heterocycles. The van der Waals surface area contributed by atoms with E-state index in [1.165, 1.54) is 18.1 Å². The zero-order valence-corrected chi connectivity index (χ0v) is 16.4. The first-order valence-corrected chi connectivity index (χ1v) is 9.48. The molecule has 1 atom stereocenters. The van der Waals surface area contributed by atoms with Crippen LogP contribution in [0.15, 0.2) is 48.5 Å². The summed E-state index contributed by atoms with van der Waals surface area (Å²) < 4.78 is 19.3.